The number of ether oxygens (including phenoxy) is 1. The maximum absolute atomic E-state index is 13.8. The minimum absolute atomic E-state index is 0.111. The molecule has 0 unspecified atom stereocenters. The van der Waals surface area contributed by atoms with Gasteiger partial charge in [0, 0.05) is 11.8 Å². The molecule has 5 nitrogen and oxygen atoms in total. The second-order valence-corrected chi connectivity index (χ2v) is 6.09. The molecule has 3 rings (SSSR count). The van der Waals surface area contributed by atoms with E-state index in [1.165, 1.54) is 23.3 Å². The molecular weight excluding hydrogens is 371 g/mol. The molecule has 0 amide bonds. The fraction of sp³-hybridized carbons (Fsp3) is 0.235. The van der Waals surface area contributed by atoms with Crippen molar-refractivity contribution in [1.82, 2.24) is 4.90 Å². The van der Waals surface area contributed by atoms with Crippen LogP contribution in [0.2, 0.25) is 0 Å². The summed E-state index contributed by atoms with van der Waals surface area (Å²) in [6, 6.07) is 6.66. The molecule has 0 aliphatic carbocycles. The number of carbonyl (C=O) groups is 1. The van der Waals surface area contributed by atoms with E-state index in [4.69, 9.17) is 11.6 Å². The maximum Gasteiger partial charge on any atom is 0.445 e. The average molecular weight is 384 g/mol. The number of aliphatic imine (C=N–C) groups is 2. The number of amidine groups is 2. The highest BCUT2D eigenvalue weighted by atomic mass is 35.5. The minimum atomic E-state index is -5.09. The van der Waals surface area contributed by atoms with Gasteiger partial charge >= 0.3 is 17.8 Å². The molecule has 0 N–H and O–H groups in total. The molecule has 26 heavy (non-hydrogen) atoms. The van der Waals surface area contributed by atoms with Crippen LogP contribution >= 0.6 is 11.6 Å². The Balaban J connectivity index is 2.27. The summed E-state index contributed by atoms with van der Waals surface area (Å²) in [5.74, 6) is -1.85. The summed E-state index contributed by atoms with van der Waals surface area (Å²) in [6.45, 7) is 1.84. The number of alkyl halides is 3. The lowest BCUT2D eigenvalue weighted by atomic mass is 10.1. The van der Waals surface area contributed by atoms with Crippen LogP contribution in [0.5, 0.6) is 0 Å². The van der Waals surface area contributed by atoms with E-state index in [2.05, 4.69) is 14.7 Å². The van der Waals surface area contributed by atoms with Gasteiger partial charge in [0.25, 0.3) is 0 Å². The van der Waals surface area contributed by atoms with Crippen LogP contribution in [0.3, 0.4) is 0 Å². The van der Waals surface area contributed by atoms with E-state index in [9.17, 15) is 18.0 Å². The summed E-state index contributed by atoms with van der Waals surface area (Å²) in [6.07, 6.45) is -1.04. The van der Waals surface area contributed by atoms with Crippen molar-refractivity contribution >= 4 is 29.2 Å². The quantitative estimate of drug-likeness (QED) is 0.734. The summed E-state index contributed by atoms with van der Waals surface area (Å²) in [5, 5.41) is 0.279. The van der Waals surface area contributed by atoms with E-state index in [0.29, 0.717) is 5.56 Å². The van der Waals surface area contributed by atoms with Gasteiger partial charge in [0.1, 0.15) is 11.7 Å². The monoisotopic (exact) mass is 383 g/mol. The van der Waals surface area contributed by atoms with Crippen molar-refractivity contribution in [3.8, 4) is 0 Å². The molecule has 0 radical (unpaired) electrons. The van der Waals surface area contributed by atoms with Gasteiger partial charge < -0.3 is 4.74 Å². The number of esters is 1. The second-order valence-electron chi connectivity index (χ2n) is 5.65. The lowest BCUT2D eigenvalue weighted by Crippen LogP contribution is -2.55. The first-order valence-corrected chi connectivity index (χ1v) is 7.82. The Morgan fingerprint density at radius 1 is 1.19 bits per heavy atom. The number of aryl methyl sites for hydroxylation is 1. The Kier molecular flexibility index (Phi) is 4.39. The summed E-state index contributed by atoms with van der Waals surface area (Å²) < 4.78 is 45.8. The van der Waals surface area contributed by atoms with Crippen molar-refractivity contribution < 1.29 is 22.7 Å². The normalized spacial score (nSPS) is 22.2. The van der Waals surface area contributed by atoms with Crippen LogP contribution in [-0.2, 0) is 9.53 Å². The van der Waals surface area contributed by atoms with Crippen LogP contribution in [0.4, 0.5) is 13.2 Å². The Hall–Kier alpha value is -2.61. The Bertz CT molecular complexity index is 872. The summed E-state index contributed by atoms with van der Waals surface area (Å²) in [7, 11) is 0.858. The fourth-order valence-electron chi connectivity index (χ4n) is 2.51. The third kappa shape index (κ3) is 2.90. The van der Waals surface area contributed by atoms with Crippen molar-refractivity contribution in [2.24, 2.45) is 9.98 Å². The van der Waals surface area contributed by atoms with Gasteiger partial charge in [0.05, 0.1) is 12.1 Å². The number of hydrogen-bond acceptors (Lipinski definition) is 5. The molecule has 2 heterocycles. The number of benzene rings is 1. The van der Waals surface area contributed by atoms with Crippen LogP contribution in [0.1, 0.15) is 11.1 Å². The molecule has 9 heteroatoms. The van der Waals surface area contributed by atoms with Crippen molar-refractivity contribution in [2.75, 3.05) is 7.11 Å². The van der Waals surface area contributed by atoms with Crippen LogP contribution < -0.4 is 0 Å². The third-order valence-electron chi connectivity index (χ3n) is 3.84. The highest BCUT2D eigenvalue weighted by Gasteiger charge is 2.64. The summed E-state index contributed by atoms with van der Waals surface area (Å²) >= 11 is 5.97. The van der Waals surface area contributed by atoms with Crippen molar-refractivity contribution in [3.05, 3.63) is 58.8 Å². The molecule has 0 aromatic heterocycles. The first-order chi connectivity index (χ1) is 12.2. The number of nitrogens with zero attached hydrogens (tertiary/aromatic N) is 3. The van der Waals surface area contributed by atoms with Gasteiger partial charge in [0.2, 0.25) is 0 Å². The molecule has 0 saturated carbocycles. The first kappa shape index (κ1) is 18.2. The molecule has 0 bridgehead atoms. The van der Waals surface area contributed by atoms with Crippen LogP contribution in [0, 0.1) is 6.92 Å². The predicted octanol–water partition coefficient (Wildman–Crippen LogP) is 3.54. The second kappa shape index (κ2) is 6.28. The molecule has 0 saturated heterocycles. The number of fused-ring (bicyclic) bond motifs is 1. The lowest BCUT2D eigenvalue weighted by molar-refractivity contribution is -0.202. The van der Waals surface area contributed by atoms with E-state index in [1.807, 2.05) is 6.92 Å². The van der Waals surface area contributed by atoms with Crippen molar-refractivity contribution in [1.29, 1.82) is 0 Å². The highest BCUT2D eigenvalue weighted by Crippen LogP contribution is 2.40. The molecule has 0 fully saturated rings. The van der Waals surface area contributed by atoms with Gasteiger partial charge in [-0.05, 0) is 19.1 Å². The molecule has 2 aliphatic rings. The van der Waals surface area contributed by atoms with Gasteiger partial charge in [-0.1, -0.05) is 41.4 Å². The number of carbonyl (C=O) groups excluding carboxylic acids is 1. The zero-order valence-electron chi connectivity index (χ0n) is 13.7. The van der Waals surface area contributed by atoms with Gasteiger partial charge in [-0.15, -0.1) is 0 Å². The Labute approximate surface area is 152 Å². The topological polar surface area (TPSA) is 54.3 Å². The summed E-state index contributed by atoms with van der Waals surface area (Å²) in [4.78, 5) is 20.6. The summed E-state index contributed by atoms with van der Waals surface area (Å²) in [5.41, 5.74) is -2.09. The fourth-order valence-corrected chi connectivity index (χ4v) is 2.67. The van der Waals surface area contributed by atoms with Gasteiger partial charge in [-0.25, -0.2) is 14.8 Å². The van der Waals surface area contributed by atoms with Gasteiger partial charge in [-0.3, -0.25) is 4.90 Å². The SMILES string of the molecule is COC(=O)[C@]1(C(F)(F)F)N=C2C=CC(Cl)=CN2C(c2ccc(C)cc2)=N1. The van der Waals surface area contributed by atoms with Crippen LogP contribution in [0.15, 0.2) is 57.6 Å². The zero-order chi connectivity index (χ0) is 19.1. The van der Waals surface area contributed by atoms with Crippen LogP contribution in [-0.4, -0.2) is 41.5 Å². The van der Waals surface area contributed by atoms with E-state index < -0.39 is 17.8 Å². The number of hydrogen-bond donors (Lipinski definition) is 0. The van der Waals surface area contributed by atoms with Gasteiger partial charge in [-0.2, -0.15) is 13.2 Å². The molecule has 136 valence electrons. The van der Waals surface area contributed by atoms with E-state index >= 15 is 0 Å². The standard InChI is InChI=1S/C17H13ClF3N3O2/c1-10-3-5-11(6-4-10)14-23-16(15(25)26-2,17(19,20)21)22-13-8-7-12(18)9-24(13)14/h3-9H,1-2H3/t16-/m0/s1. The largest absolute Gasteiger partial charge is 0.465 e. The van der Waals surface area contributed by atoms with Crippen molar-refractivity contribution in [3.63, 3.8) is 0 Å². The minimum Gasteiger partial charge on any atom is -0.465 e. The number of rotatable bonds is 2. The average Bonchev–Trinajstić information content (AvgIpc) is 2.60. The van der Waals surface area contributed by atoms with E-state index in [1.54, 1.807) is 24.3 Å². The van der Waals surface area contributed by atoms with Gasteiger partial charge in [0.15, 0.2) is 0 Å². The first-order valence-electron chi connectivity index (χ1n) is 7.44. The third-order valence-corrected chi connectivity index (χ3v) is 4.06. The van der Waals surface area contributed by atoms with E-state index in [0.717, 1.165) is 12.7 Å². The molecule has 1 atom stereocenters. The molecule has 1 aromatic rings. The zero-order valence-corrected chi connectivity index (χ0v) is 14.5. The number of halogens is 4. The molecule has 2 aliphatic heterocycles. The Morgan fingerprint density at radius 2 is 1.85 bits per heavy atom. The maximum atomic E-state index is 13.8. The molecular formula is C17H13ClF3N3O2. The number of allylic oxidation sites excluding steroid dienone is 2. The number of methoxy groups -OCH3 is 1. The van der Waals surface area contributed by atoms with Crippen LogP contribution in [0.25, 0.3) is 0 Å². The predicted molar refractivity (Wildman–Crippen MR) is 90.9 cm³/mol. The Morgan fingerprint density at radius 3 is 2.42 bits per heavy atom. The van der Waals surface area contributed by atoms with Crippen molar-refractivity contribution in [2.45, 2.75) is 18.8 Å². The van der Waals surface area contributed by atoms with E-state index in [-0.39, 0.29) is 16.7 Å². The highest BCUT2D eigenvalue weighted by molar-refractivity contribution is 6.32. The molecule has 0 spiro atoms. The molecule has 1 aromatic carbocycles. The smallest absolute Gasteiger partial charge is 0.445 e. The lowest BCUT2D eigenvalue weighted by Gasteiger charge is -2.36.